The highest BCUT2D eigenvalue weighted by Crippen LogP contribution is 2.35. The van der Waals surface area contributed by atoms with E-state index in [2.05, 4.69) is 34.5 Å². The first-order valence-corrected chi connectivity index (χ1v) is 11.0. The van der Waals surface area contributed by atoms with Crippen molar-refractivity contribution in [2.45, 2.75) is 0 Å². The molecule has 160 valence electrons. The lowest BCUT2D eigenvalue weighted by Crippen LogP contribution is -2.54. The lowest BCUT2D eigenvalue weighted by Gasteiger charge is -2.29. The molecule has 2 aromatic carbocycles. The van der Waals surface area contributed by atoms with E-state index in [0.717, 1.165) is 8.47 Å². The van der Waals surface area contributed by atoms with Crippen LogP contribution in [-0.4, -0.2) is 30.6 Å². The van der Waals surface area contributed by atoms with Gasteiger partial charge in [-0.2, -0.15) is 0 Å². The molecule has 3 rings (SSSR count). The summed E-state index contributed by atoms with van der Waals surface area (Å²) in [5, 5.41) is 3.08. The molecular formula is C21H15Cl2IN2O4S. The van der Waals surface area contributed by atoms with Gasteiger partial charge < -0.3 is 9.47 Å². The Morgan fingerprint density at radius 2 is 2.00 bits per heavy atom. The molecule has 1 fully saturated rings. The molecule has 1 heterocycles. The van der Waals surface area contributed by atoms with Crippen LogP contribution >= 0.6 is 58.0 Å². The first kappa shape index (κ1) is 23.5. The van der Waals surface area contributed by atoms with Crippen molar-refractivity contribution in [1.82, 2.24) is 5.32 Å². The number of nitrogens with zero attached hydrogens (tertiary/aromatic N) is 1. The fraction of sp³-hybridized carbons (Fsp3) is 0.0952. The molecule has 10 heteroatoms. The highest BCUT2D eigenvalue weighted by molar-refractivity contribution is 14.1. The third-order valence-corrected chi connectivity index (χ3v) is 5.78. The molecule has 0 aromatic heterocycles. The van der Waals surface area contributed by atoms with Crippen LogP contribution in [0.4, 0.5) is 5.69 Å². The molecule has 0 unspecified atom stereocenters. The van der Waals surface area contributed by atoms with E-state index in [4.69, 9.17) is 44.9 Å². The van der Waals surface area contributed by atoms with Crippen LogP contribution in [0.5, 0.6) is 11.5 Å². The zero-order chi connectivity index (χ0) is 22.7. The van der Waals surface area contributed by atoms with Crippen molar-refractivity contribution < 1.29 is 19.1 Å². The SMILES string of the molecule is C=CCOc1c(I)cc(/C=C2/C(=O)NC(=S)N(c3ccc(Cl)cc3Cl)C2=O)cc1OC. The molecule has 0 atom stereocenters. The van der Waals surface area contributed by atoms with Gasteiger partial charge in [-0.1, -0.05) is 35.9 Å². The summed E-state index contributed by atoms with van der Waals surface area (Å²) in [6, 6.07) is 8.06. The quantitative estimate of drug-likeness (QED) is 0.169. The summed E-state index contributed by atoms with van der Waals surface area (Å²) in [4.78, 5) is 26.9. The Balaban J connectivity index is 2.04. The van der Waals surface area contributed by atoms with E-state index in [1.807, 2.05) is 0 Å². The third kappa shape index (κ3) is 5.03. The molecule has 1 saturated heterocycles. The molecule has 1 aliphatic heterocycles. The number of carbonyl (C=O) groups is 2. The van der Waals surface area contributed by atoms with E-state index >= 15 is 0 Å². The number of hydrogen-bond donors (Lipinski definition) is 1. The van der Waals surface area contributed by atoms with Gasteiger partial charge in [0.2, 0.25) is 0 Å². The number of hydrogen-bond acceptors (Lipinski definition) is 5. The number of ether oxygens (including phenoxy) is 2. The maximum absolute atomic E-state index is 13.2. The van der Waals surface area contributed by atoms with Gasteiger partial charge in [0.15, 0.2) is 16.6 Å². The predicted molar refractivity (Wildman–Crippen MR) is 134 cm³/mol. The van der Waals surface area contributed by atoms with E-state index in [9.17, 15) is 9.59 Å². The van der Waals surface area contributed by atoms with Gasteiger partial charge in [-0.15, -0.1) is 0 Å². The number of benzene rings is 2. The largest absolute Gasteiger partial charge is 0.493 e. The Morgan fingerprint density at radius 1 is 1.26 bits per heavy atom. The van der Waals surface area contributed by atoms with Gasteiger partial charge >= 0.3 is 0 Å². The van der Waals surface area contributed by atoms with Gasteiger partial charge in [-0.25, -0.2) is 0 Å². The fourth-order valence-corrected chi connectivity index (χ4v) is 4.36. The van der Waals surface area contributed by atoms with E-state index in [1.165, 1.54) is 19.3 Å². The van der Waals surface area contributed by atoms with Gasteiger partial charge in [0.05, 0.1) is 21.4 Å². The van der Waals surface area contributed by atoms with Crippen molar-refractivity contribution in [3.63, 3.8) is 0 Å². The van der Waals surface area contributed by atoms with Crippen LogP contribution in [0.2, 0.25) is 10.0 Å². The summed E-state index contributed by atoms with van der Waals surface area (Å²) in [6.07, 6.45) is 3.08. The lowest BCUT2D eigenvalue weighted by molar-refractivity contribution is -0.122. The molecule has 0 aliphatic carbocycles. The second-order valence-electron chi connectivity index (χ2n) is 6.19. The maximum atomic E-state index is 13.2. The topological polar surface area (TPSA) is 67.9 Å². The average Bonchev–Trinajstić information content (AvgIpc) is 2.71. The highest BCUT2D eigenvalue weighted by atomic mass is 127. The van der Waals surface area contributed by atoms with Crippen LogP contribution in [0.15, 0.2) is 48.6 Å². The van der Waals surface area contributed by atoms with E-state index in [-0.39, 0.29) is 15.7 Å². The zero-order valence-corrected chi connectivity index (χ0v) is 20.6. The summed E-state index contributed by atoms with van der Waals surface area (Å²) >= 11 is 19.5. The van der Waals surface area contributed by atoms with Crippen LogP contribution in [0.25, 0.3) is 6.08 Å². The summed E-state index contributed by atoms with van der Waals surface area (Å²) in [5.41, 5.74) is 0.769. The van der Waals surface area contributed by atoms with Gasteiger partial charge in [0.1, 0.15) is 12.2 Å². The van der Waals surface area contributed by atoms with Crippen molar-refractivity contribution >= 4 is 86.7 Å². The smallest absolute Gasteiger partial charge is 0.270 e. The Morgan fingerprint density at radius 3 is 2.65 bits per heavy atom. The lowest BCUT2D eigenvalue weighted by atomic mass is 10.1. The molecule has 1 N–H and O–H groups in total. The van der Waals surface area contributed by atoms with Gasteiger partial charge in [-0.05, 0) is 76.8 Å². The second kappa shape index (κ2) is 9.99. The molecular weight excluding hydrogens is 574 g/mol. The molecule has 31 heavy (non-hydrogen) atoms. The van der Waals surface area contributed by atoms with Crippen molar-refractivity contribution in [3.8, 4) is 11.5 Å². The summed E-state index contributed by atoms with van der Waals surface area (Å²) < 4.78 is 11.8. The van der Waals surface area contributed by atoms with Gasteiger partial charge in [-0.3, -0.25) is 19.8 Å². The molecule has 1 aliphatic rings. The van der Waals surface area contributed by atoms with Gasteiger partial charge in [0, 0.05) is 5.02 Å². The first-order chi connectivity index (χ1) is 14.8. The van der Waals surface area contributed by atoms with Crippen LogP contribution in [-0.2, 0) is 9.59 Å². The number of rotatable bonds is 6. The maximum Gasteiger partial charge on any atom is 0.270 e. The highest BCUT2D eigenvalue weighted by Gasteiger charge is 2.35. The Labute approximate surface area is 207 Å². The monoisotopic (exact) mass is 588 g/mol. The normalized spacial score (nSPS) is 15.2. The minimum Gasteiger partial charge on any atom is -0.493 e. The first-order valence-electron chi connectivity index (χ1n) is 8.74. The van der Waals surface area contributed by atoms with E-state index < -0.39 is 11.8 Å². The molecule has 2 amide bonds. The summed E-state index contributed by atoms with van der Waals surface area (Å²) in [6.45, 7) is 3.94. The number of anilines is 1. The number of methoxy groups -OCH3 is 1. The van der Waals surface area contributed by atoms with Gasteiger partial charge in [0.25, 0.3) is 11.8 Å². The Kier molecular flexibility index (Phi) is 7.58. The number of halogens is 3. The van der Waals surface area contributed by atoms with Crippen LogP contribution in [0.3, 0.4) is 0 Å². The van der Waals surface area contributed by atoms with E-state index in [1.54, 1.807) is 30.3 Å². The Bertz CT molecular complexity index is 1140. The van der Waals surface area contributed by atoms with Crippen molar-refractivity contribution in [2.24, 2.45) is 0 Å². The standard InChI is InChI=1S/C21H15Cl2IN2O4S/c1-3-6-30-18-15(24)8-11(9-17(18)29-2)7-13-19(27)25-21(31)26(20(13)28)16-5-4-12(22)10-14(16)23/h3-5,7-10H,1,6H2,2H3,(H,25,27,31)/b13-7-. The second-order valence-corrected chi connectivity index (χ2v) is 8.58. The molecule has 0 saturated carbocycles. The number of thiocarbonyl (C=S) groups is 1. The Hall–Kier alpha value is -2.14. The van der Waals surface area contributed by atoms with E-state index in [0.29, 0.717) is 34.4 Å². The minimum absolute atomic E-state index is 0.0725. The van der Waals surface area contributed by atoms with Crippen molar-refractivity contribution in [3.05, 3.63) is 67.7 Å². The molecule has 0 bridgehead atoms. The van der Waals surface area contributed by atoms with Crippen LogP contribution in [0.1, 0.15) is 5.56 Å². The van der Waals surface area contributed by atoms with Crippen molar-refractivity contribution in [1.29, 1.82) is 0 Å². The molecule has 6 nitrogen and oxygen atoms in total. The molecule has 0 radical (unpaired) electrons. The number of nitrogens with one attached hydrogen (secondary N) is 1. The fourth-order valence-electron chi connectivity index (χ4n) is 2.81. The summed E-state index contributed by atoms with van der Waals surface area (Å²) in [7, 11) is 1.50. The number of amides is 2. The molecule has 0 spiro atoms. The zero-order valence-electron chi connectivity index (χ0n) is 16.1. The van der Waals surface area contributed by atoms with Crippen LogP contribution < -0.4 is 19.7 Å². The van der Waals surface area contributed by atoms with Crippen molar-refractivity contribution in [2.75, 3.05) is 18.6 Å². The molecule has 2 aromatic rings. The van der Waals surface area contributed by atoms with Crippen LogP contribution in [0, 0.1) is 3.57 Å². The number of carbonyl (C=O) groups excluding carboxylic acids is 2. The minimum atomic E-state index is -0.614. The predicted octanol–water partition coefficient (Wildman–Crippen LogP) is 5.00. The third-order valence-electron chi connectivity index (χ3n) is 4.16. The summed E-state index contributed by atoms with van der Waals surface area (Å²) in [5.74, 6) is -0.228. The average molecular weight is 589 g/mol.